The molecule has 1 heterocycles. The molecule has 0 aliphatic heterocycles. The van der Waals surface area contributed by atoms with Crippen LogP contribution in [0.4, 0.5) is 5.69 Å². The van der Waals surface area contributed by atoms with Crippen molar-refractivity contribution in [3.05, 3.63) is 91.4 Å². The van der Waals surface area contributed by atoms with Crippen LogP contribution in [0.15, 0.2) is 79.5 Å². The van der Waals surface area contributed by atoms with Crippen molar-refractivity contribution in [3.63, 3.8) is 0 Å². The summed E-state index contributed by atoms with van der Waals surface area (Å²) in [4.78, 5) is 30.8. The monoisotopic (exact) mass is 666 g/mol. The highest BCUT2D eigenvalue weighted by molar-refractivity contribution is 9.10. The largest absolute Gasteiger partial charge is 0.493 e. The maximum atomic E-state index is 13.6. The van der Waals surface area contributed by atoms with Crippen molar-refractivity contribution < 1.29 is 14.3 Å². The number of hydrogen-bond donors (Lipinski definition) is 1. The Kier molecular flexibility index (Phi) is 8.96. The topological polar surface area (TPSA) is 94.8 Å². The first-order valence-corrected chi connectivity index (χ1v) is 14.6. The SMILES string of the molecule is COc1cc(C=Nn2c(C3CCCCC3)nc3ccc(Br)cc3c2=O)c(Br)cc1OCC(=O)Nc1ccccc1. The van der Waals surface area contributed by atoms with E-state index in [4.69, 9.17) is 14.5 Å². The number of nitrogens with one attached hydrogen (secondary N) is 1. The Bertz CT molecular complexity index is 1620. The van der Waals surface area contributed by atoms with E-state index < -0.39 is 0 Å². The lowest BCUT2D eigenvalue weighted by Gasteiger charge is -2.22. The molecule has 40 heavy (non-hydrogen) atoms. The molecule has 1 saturated carbocycles. The van der Waals surface area contributed by atoms with Crippen molar-refractivity contribution in [3.8, 4) is 11.5 Å². The fourth-order valence-electron chi connectivity index (χ4n) is 4.81. The van der Waals surface area contributed by atoms with Gasteiger partial charge in [-0.25, -0.2) is 4.98 Å². The van der Waals surface area contributed by atoms with Gasteiger partial charge in [0.05, 0.1) is 24.2 Å². The fourth-order valence-corrected chi connectivity index (χ4v) is 5.59. The number of anilines is 1. The lowest BCUT2D eigenvalue weighted by atomic mass is 9.88. The number of aromatic nitrogens is 2. The molecule has 1 N–H and O–H groups in total. The van der Waals surface area contributed by atoms with Gasteiger partial charge in [0.25, 0.3) is 11.5 Å². The second-order valence-corrected chi connectivity index (χ2v) is 11.3. The molecule has 1 fully saturated rings. The Labute approximate surface area is 248 Å². The lowest BCUT2D eigenvalue weighted by molar-refractivity contribution is -0.118. The van der Waals surface area contributed by atoms with Crippen LogP contribution in [0.1, 0.15) is 49.4 Å². The molecular weight excluding hydrogens is 640 g/mol. The normalized spacial score (nSPS) is 14.0. The molecule has 5 rings (SSSR count). The Morgan fingerprint density at radius 3 is 2.60 bits per heavy atom. The number of rotatable bonds is 8. The molecule has 1 aliphatic rings. The molecule has 4 aromatic rings. The molecule has 1 aromatic heterocycles. The summed E-state index contributed by atoms with van der Waals surface area (Å²) in [6.07, 6.45) is 6.97. The van der Waals surface area contributed by atoms with Gasteiger partial charge in [-0.15, -0.1) is 0 Å². The van der Waals surface area contributed by atoms with E-state index >= 15 is 0 Å². The summed E-state index contributed by atoms with van der Waals surface area (Å²) in [6, 6.07) is 18.2. The molecule has 0 atom stereocenters. The number of carbonyl (C=O) groups is 1. The standard InChI is InChI=1S/C30H28Br2N4O4/c1-39-26-14-20(24(32)16-27(26)40-18-28(37)34-22-10-6-3-7-11-22)17-33-36-29(19-8-4-2-5-9-19)35-25-13-12-21(31)15-23(25)30(36)38/h3,6-7,10-17,19H,2,4-5,8-9,18H2,1H3,(H,34,37). The molecule has 206 valence electrons. The minimum atomic E-state index is -0.292. The summed E-state index contributed by atoms with van der Waals surface area (Å²) in [5, 5.41) is 7.92. The van der Waals surface area contributed by atoms with Crippen LogP contribution >= 0.6 is 31.9 Å². The zero-order valence-corrected chi connectivity index (χ0v) is 25.1. The zero-order chi connectivity index (χ0) is 28.1. The van der Waals surface area contributed by atoms with E-state index in [1.54, 1.807) is 36.5 Å². The summed E-state index contributed by atoms with van der Waals surface area (Å²) < 4.78 is 14.2. The number of ether oxygens (including phenoxy) is 2. The first kappa shape index (κ1) is 28.0. The van der Waals surface area contributed by atoms with Gasteiger partial charge in [0.2, 0.25) is 0 Å². The van der Waals surface area contributed by atoms with Crippen molar-refractivity contribution in [2.45, 2.75) is 38.0 Å². The van der Waals surface area contributed by atoms with E-state index in [-0.39, 0.29) is 24.0 Å². The van der Waals surface area contributed by atoms with E-state index in [9.17, 15) is 9.59 Å². The van der Waals surface area contributed by atoms with Crippen LogP contribution in [-0.4, -0.2) is 35.5 Å². The van der Waals surface area contributed by atoms with Crippen LogP contribution in [0.2, 0.25) is 0 Å². The minimum Gasteiger partial charge on any atom is -0.493 e. The van der Waals surface area contributed by atoms with Gasteiger partial charge in [0.1, 0.15) is 5.82 Å². The highest BCUT2D eigenvalue weighted by Gasteiger charge is 2.22. The van der Waals surface area contributed by atoms with Crippen molar-refractivity contribution >= 4 is 60.6 Å². The summed E-state index contributed by atoms with van der Waals surface area (Å²) >= 11 is 7.03. The summed E-state index contributed by atoms with van der Waals surface area (Å²) in [6.45, 7) is -0.191. The van der Waals surface area contributed by atoms with Crippen molar-refractivity contribution in [1.29, 1.82) is 0 Å². The molecule has 8 nitrogen and oxygen atoms in total. The summed E-state index contributed by atoms with van der Waals surface area (Å²) in [7, 11) is 1.53. The molecule has 1 aliphatic carbocycles. The number of benzene rings is 3. The number of nitrogens with zero attached hydrogens (tertiary/aromatic N) is 3. The minimum absolute atomic E-state index is 0.169. The Hall–Kier alpha value is -3.50. The first-order chi connectivity index (χ1) is 19.4. The quantitative estimate of drug-likeness (QED) is 0.207. The van der Waals surface area contributed by atoms with Gasteiger partial charge in [0.15, 0.2) is 18.1 Å². The molecule has 0 unspecified atom stereocenters. The van der Waals surface area contributed by atoms with Crippen LogP contribution < -0.4 is 20.3 Å². The molecule has 0 saturated heterocycles. The lowest BCUT2D eigenvalue weighted by Crippen LogP contribution is -2.25. The second kappa shape index (κ2) is 12.8. The van der Waals surface area contributed by atoms with Gasteiger partial charge in [-0.05, 0) is 71.2 Å². The van der Waals surface area contributed by atoms with E-state index in [2.05, 4.69) is 42.3 Å². The van der Waals surface area contributed by atoms with Crippen LogP contribution in [0.5, 0.6) is 11.5 Å². The summed E-state index contributed by atoms with van der Waals surface area (Å²) in [5.41, 5.74) is 1.82. The maximum Gasteiger partial charge on any atom is 0.282 e. The highest BCUT2D eigenvalue weighted by Crippen LogP contribution is 2.34. The third-order valence-corrected chi connectivity index (χ3v) is 8.00. The van der Waals surface area contributed by atoms with Crippen LogP contribution in [0.25, 0.3) is 10.9 Å². The molecule has 0 bridgehead atoms. The fraction of sp³-hybridized carbons (Fsp3) is 0.267. The van der Waals surface area contributed by atoms with Crippen LogP contribution in [0, 0.1) is 0 Å². The van der Waals surface area contributed by atoms with Gasteiger partial charge in [-0.1, -0.05) is 53.4 Å². The van der Waals surface area contributed by atoms with Crippen LogP contribution in [0.3, 0.4) is 0 Å². The van der Waals surface area contributed by atoms with E-state index in [1.165, 1.54) is 18.2 Å². The Morgan fingerprint density at radius 1 is 1.07 bits per heavy atom. The number of hydrogen-bond acceptors (Lipinski definition) is 6. The van der Waals surface area contributed by atoms with E-state index in [1.807, 2.05) is 30.3 Å². The Balaban J connectivity index is 1.43. The van der Waals surface area contributed by atoms with Gasteiger partial charge < -0.3 is 14.8 Å². The smallest absolute Gasteiger partial charge is 0.282 e. The highest BCUT2D eigenvalue weighted by atomic mass is 79.9. The molecule has 1 amide bonds. The number of amides is 1. The van der Waals surface area contributed by atoms with Crippen molar-refractivity contribution in [1.82, 2.24) is 9.66 Å². The molecular formula is C30H28Br2N4O4. The third kappa shape index (κ3) is 6.45. The van der Waals surface area contributed by atoms with Gasteiger partial charge in [-0.3, -0.25) is 9.59 Å². The average molecular weight is 668 g/mol. The van der Waals surface area contributed by atoms with Gasteiger partial charge in [-0.2, -0.15) is 9.78 Å². The third-order valence-electron chi connectivity index (χ3n) is 6.82. The first-order valence-electron chi connectivity index (χ1n) is 13.0. The average Bonchev–Trinajstić information content (AvgIpc) is 2.97. The van der Waals surface area contributed by atoms with Gasteiger partial charge >= 0.3 is 0 Å². The van der Waals surface area contributed by atoms with E-state index in [0.717, 1.165) is 30.2 Å². The summed E-state index contributed by atoms with van der Waals surface area (Å²) in [5.74, 6) is 1.38. The predicted molar refractivity (Wildman–Crippen MR) is 164 cm³/mol. The van der Waals surface area contributed by atoms with Crippen molar-refractivity contribution in [2.75, 3.05) is 19.0 Å². The van der Waals surface area contributed by atoms with Gasteiger partial charge in [0, 0.05) is 26.1 Å². The number of carbonyl (C=O) groups excluding carboxylic acids is 1. The Morgan fingerprint density at radius 2 is 1.85 bits per heavy atom. The maximum absolute atomic E-state index is 13.6. The number of halogens is 2. The van der Waals surface area contributed by atoms with Crippen LogP contribution in [-0.2, 0) is 4.79 Å². The zero-order valence-electron chi connectivity index (χ0n) is 21.9. The second-order valence-electron chi connectivity index (χ2n) is 9.56. The number of para-hydroxylation sites is 1. The number of methoxy groups -OCH3 is 1. The molecule has 3 aromatic carbocycles. The van der Waals surface area contributed by atoms with Crippen molar-refractivity contribution in [2.24, 2.45) is 5.10 Å². The molecule has 0 radical (unpaired) electrons. The molecule has 0 spiro atoms. The molecule has 10 heteroatoms. The van der Waals surface area contributed by atoms with E-state index in [0.29, 0.717) is 43.9 Å². The number of fused-ring (bicyclic) bond motifs is 1. The predicted octanol–water partition coefficient (Wildman–Crippen LogP) is 6.88.